The quantitative estimate of drug-likeness (QED) is 0.897. The van der Waals surface area contributed by atoms with Crippen LogP contribution in [0, 0.1) is 25.2 Å². The monoisotopic (exact) mass is 368 g/mol. The molecule has 2 aromatic rings. The molecular weight excluding hydrogens is 340 g/mol. The zero-order valence-corrected chi connectivity index (χ0v) is 16.4. The van der Waals surface area contributed by atoms with Gasteiger partial charge in [0.25, 0.3) is 0 Å². The van der Waals surface area contributed by atoms with Gasteiger partial charge in [-0.3, -0.25) is 9.69 Å². The molecule has 6 nitrogen and oxygen atoms in total. The first kappa shape index (κ1) is 18.2. The van der Waals surface area contributed by atoms with Gasteiger partial charge in [-0.2, -0.15) is 5.10 Å². The zero-order chi connectivity index (χ0) is 19.2. The minimum absolute atomic E-state index is 0.241. The van der Waals surface area contributed by atoms with Crippen molar-refractivity contribution in [2.75, 3.05) is 33.2 Å². The number of aliphatic carboxylic acids is 1. The fraction of sp³-hybridized carbons (Fsp3) is 0.524. The molecule has 2 aliphatic rings. The van der Waals surface area contributed by atoms with Crippen molar-refractivity contribution in [3.05, 3.63) is 47.3 Å². The fourth-order valence-electron chi connectivity index (χ4n) is 4.93. The van der Waals surface area contributed by atoms with Crippen molar-refractivity contribution in [1.82, 2.24) is 19.6 Å². The normalized spacial score (nSPS) is 26.3. The molecule has 2 saturated heterocycles. The maximum atomic E-state index is 12.1. The Morgan fingerprint density at radius 3 is 2.81 bits per heavy atom. The number of fused-ring (bicyclic) bond motifs is 1. The van der Waals surface area contributed by atoms with Crippen LogP contribution in [0.25, 0.3) is 5.69 Å². The third-order valence-electron chi connectivity index (χ3n) is 6.17. The summed E-state index contributed by atoms with van der Waals surface area (Å²) in [5.41, 5.74) is 3.76. The third kappa shape index (κ3) is 3.28. The first-order valence-corrected chi connectivity index (χ1v) is 9.64. The predicted molar refractivity (Wildman–Crippen MR) is 104 cm³/mol. The molecule has 4 rings (SSSR count). The lowest BCUT2D eigenvalue weighted by molar-refractivity contribution is -0.153. The number of piperidine rings is 1. The molecule has 6 heteroatoms. The Kier molecular flexibility index (Phi) is 4.56. The van der Waals surface area contributed by atoms with E-state index in [1.165, 1.54) is 5.56 Å². The molecule has 0 amide bonds. The Bertz CT molecular complexity index is 862. The second-order valence-electron chi connectivity index (χ2n) is 8.36. The van der Waals surface area contributed by atoms with E-state index in [2.05, 4.69) is 52.2 Å². The molecule has 0 bridgehead atoms. The second-order valence-corrected chi connectivity index (χ2v) is 8.36. The van der Waals surface area contributed by atoms with Crippen LogP contribution >= 0.6 is 0 Å². The summed E-state index contributed by atoms with van der Waals surface area (Å²) in [6.45, 7) is 7.97. The van der Waals surface area contributed by atoms with Crippen molar-refractivity contribution in [1.29, 1.82) is 0 Å². The van der Waals surface area contributed by atoms with Gasteiger partial charge in [-0.15, -0.1) is 0 Å². The number of hydrogen-bond donors (Lipinski definition) is 1. The van der Waals surface area contributed by atoms with Gasteiger partial charge in [0, 0.05) is 31.9 Å². The molecular formula is C21H28N4O2. The van der Waals surface area contributed by atoms with E-state index >= 15 is 0 Å². The second kappa shape index (κ2) is 6.77. The molecule has 144 valence electrons. The van der Waals surface area contributed by atoms with E-state index in [0.717, 1.165) is 43.1 Å². The lowest BCUT2D eigenvalue weighted by atomic mass is 9.73. The summed E-state index contributed by atoms with van der Waals surface area (Å²) in [6.07, 6.45) is 0.963. The molecule has 0 aliphatic carbocycles. The fourth-order valence-corrected chi connectivity index (χ4v) is 4.93. The summed E-state index contributed by atoms with van der Waals surface area (Å²) in [4.78, 5) is 16.6. The Balaban J connectivity index is 1.54. The first-order valence-electron chi connectivity index (χ1n) is 9.64. The average molecular weight is 368 g/mol. The van der Waals surface area contributed by atoms with Crippen LogP contribution in [0.4, 0.5) is 0 Å². The average Bonchev–Trinajstić information content (AvgIpc) is 3.14. The number of carboxylic acids is 1. The summed E-state index contributed by atoms with van der Waals surface area (Å²) < 4.78 is 1.97. The summed E-state index contributed by atoms with van der Waals surface area (Å²) in [5.74, 6) is -0.400. The number of carbonyl (C=O) groups is 1. The largest absolute Gasteiger partial charge is 0.481 e. The van der Waals surface area contributed by atoms with Gasteiger partial charge in [-0.05, 0) is 63.5 Å². The van der Waals surface area contributed by atoms with Crippen molar-refractivity contribution in [2.24, 2.45) is 11.3 Å². The van der Waals surface area contributed by atoms with Crippen LogP contribution in [-0.4, -0.2) is 63.9 Å². The SMILES string of the molecule is Cc1cc(C)n(-c2cccc(CN3C[C@H]4CCN(C)C[C@@]4(C(=O)O)C3)c2)n1. The van der Waals surface area contributed by atoms with Gasteiger partial charge < -0.3 is 10.0 Å². The van der Waals surface area contributed by atoms with Crippen molar-refractivity contribution >= 4 is 5.97 Å². The molecule has 1 N–H and O–H groups in total. The van der Waals surface area contributed by atoms with Crippen LogP contribution in [0.2, 0.25) is 0 Å². The molecule has 0 unspecified atom stereocenters. The number of nitrogens with zero attached hydrogens (tertiary/aromatic N) is 4. The lowest BCUT2D eigenvalue weighted by Crippen LogP contribution is -2.52. The summed E-state index contributed by atoms with van der Waals surface area (Å²) >= 11 is 0. The number of aromatic nitrogens is 2. The zero-order valence-electron chi connectivity index (χ0n) is 16.4. The van der Waals surface area contributed by atoms with Gasteiger partial charge >= 0.3 is 5.97 Å². The minimum atomic E-state index is -0.641. The minimum Gasteiger partial charge on any atom is -0.481 e. The van der Waals surface area contributed by atoms with Crippen LogP contribution in [0.15, 0.2) is 30.3 Å². The molecule has 3 heterocycles. The topological polar surface area (TPSA) is 61.6 Å². The molecule has 27 heavy (non-hydrogen) atoms. The van der Waals surface area contributed by atoms with Crippen LogP contribution in [0.5, 0.6) is 0 Å². The highest BCUT2D eigenvalue weighted by Gasteiger charge is 2.54. The number of hydrogen-bond acceptors (Lipinski definition) is 4. The van der Waals surface area contributed by atoms with E-state index in [4.69, 9.17) is 0 Å². The molecule has 2 aliphatic heterocycles. The Hall–Kier alpha value is -2.18. The van der Waals surface area contributed by atoms with Gasteiger partial charge in [0.05, 0.1) is 16.8 Å². The number of aryl methyl sites for hydroxylation is 2. The molecule has 0 saturated carbocycles. The van der Waals surface area contributed by atoms with Crippen LogP contribution in [0.1, 0.15) is 23.4 Å². The smallest absolute Gasteiger partial charge is 0.312 e. The van der Waals surface area contributed by atoms with Crippen molar-refractivity contribution in [3.63, 3.8) is 0 Å². The standard InChI is InChI=1S/C21H28N4O2/c1-15-9-16(2)25(22-15)19-6-4-5-17(10-19)11-24-12-18-7-8-23(3)13-21(18,14-24)20(26)27/h4-6,9-10,18H,7-8,11-14H2,1-3H3,(H,26,27)/t18-,21-/m1/s1. The van der Waals surface area contributed by atoms with E-state index < -0.39 is 11.4 Å². The van der Waals surface area contributed by atoms with Gasteiger partial charge in [0.1, 0.15) is 0 Å². The lowest BCUT2D eigenvalue weighted by Gasteiger charge is -2.39. The Morgan fingerprint density at radius 2 is 2.11 bits per heavy atom. The van der Waals surface area contributed by atoms with E-state index in [1.807, 2.05) is 18.7 Å². The molecule has 2 fully saturated rings. The Labute approximate surface area is 160 Å². The highest BCUT2D eigenvalue weighted by molar-refractivity contribution is 5.76. The van der Waals surface area contributed by atoms with Gasteiger partial charge in [-0.1, -0.05) is 12.1 Å². The highest BCUT2D eigenvalue weighted by atomic mass is 16.4. The van der Waals surface area contributed by atoms with Gasteiger partial charge in [-0.25, -0.2) is 4.68 Å². The van der Waals surface area contributed by atoms with Crippen LogP contribution < -0.4 is 0 Å². The maximum absolute atomic E-state index is 12.1. The van der Waals surface area contributed by atoms with Crippen molar-refractivity contribution in [3.8, 4) is 5.69 Å². The number of carboxylic acid groups (broad SMARTS) is 1. The van der Waals surface area contributed by atoms with Crippen LogP contribution in [-0.2, 0) is 11.3 Å². The third-order valence-corrected chi connectivity index (χ3v) is 6.17. The van der Waals surface area contributed by atoms with Gasteiger partial charge in [0.15, 0.2) is 0 Å². The summed E-state index contributed by atoms with van der Waals surface area (Å²) in [5, 5.41) is 14.5. The maximum Gasteiger partial charge on any atom is 0.312 e. The van der Waals surface area contributed by atoms with Crippen molar-refractivity contribution < 1.29 is 9.90 Å². The van der Waals surface area contributed by atoms with E-state index in [1.54, 1.807) is 0 Å². The highest BCUT2D eigenvalue weighted by Crippen LogP contribution is 2.42. The molecule has 2 atom stereocenters. The first-order chi connectivity index (χ1) is 12.9. The molecule has 1 aromatic heterocycles. The molecule has 0 spiro atoms. The van der Waals surface area contributed by atoms with E-state index in [9.17, 15) is 9.90 Å². The molecule has 0 radical (unpaired) electrons. The number of benzene rings is 1. The van der Waals surface area contributed by atoms with E-state index in [0.29, 0.717) is 13.1 Å². The number of likely N-dealkylation sites (tertiary alicyclic amines) is 2. The summed E-state index contributed by atoms with van der Waals surface area (Å²) in [6, 6.07) is 10.5. The van der Waals surface area contributed by atoms with Gasteiger partial charge in [0.2, 0.25) is 0 Å². The predicted octanol–water partition coefficient (Wildman–Crippen LogP) is 2.33. The van der Waals surface area contributed by atoms with E-state index in [-0.39, 0.29) is 5.92 Å². The van der Waals surface area contributed by atoms with Crippen molar-refractivity contribution in [2.45, 2.75) is 26.8 Å². The summed E-state index contributed by atoms with van der Waals surface area (Å²) in [7, 11) is 2.03. The Morgan fingerprint density at radius 1 is 1.30 bits per heavy atom. The van der Waals surface area contributed by atoms with Crippen LogP contribution in [0.3, 0.4) is 0 Å². The molecule has 1 aromatic carbocycles. The number of rotatable bonds is 4.